The molecule has 0 saturated carbocycles. The third-order valence-corrected chi connectivity index (χ3v) is 6.07. The molecule has 0 fully saturated rings. The Kier molecular flexibility index (Phi) is 6.22. The molecule has 5 nitrogen and oxygen atoms in total. The van der Waals surface area contributed by atoms with Crippen LogP contribution >= 0.6 is 11.3 Å². The number of rotatable bonds is 7. The largest absolute Gasteiger partial charge is 0.377 e. The Hall–Kier alpha value is -2.70. The van der Waals surface area contributed by atoms with Gasteiger partial charge in [-0.15, -0.1) is 17.9 Å². The number of hydrogen-bond acceptors (Lipinski definition) is 6. The van der Waals surface area contributed by atoms with Gasteiger partial charge in [0.2, 0.25) is 0 Å². The predicted molar refractivity (Wildman–Crippen MR) is 118 cm³/mol. The summed E-state index contributed by atoms with van der Waals surface area (Å²) in [5.41, 5.74) is 6.29. The topological polar surface area (TPSA) is 60.8 Å². The monoisotopic (exact) mass is 404 g/mol. The van der Waals surface area contributed by atoms with Crippen LogP contribution in [-0.4, -0.2) is 33.1 Å². The highest BCUT2D eigenvalue weighted by atomic mass is 32.1. The number of hydrogen-bond donors (Lipinski definition) is 0. The molecule has 6 heteroatoms. The molecular formula is C23H24N4OS. The third-order valence-electron chi connectivity index (χ3n) is 4.84. The van der Waals surface area contributed by atoms with E-state index in [1.54, 1.807) is 23.6 Å². The van der Waals surface area contributed by atoms with Crippen LogP contribution in [0, 0.1) is 6.92 Å². The fourth-order valence-corrected chi connectivity index (χ4v) is 4.47. The smallest absolute Gasteiger partial charge is 0.125 e. The second-order valence-electron chi connectivity index (χ2n) is 6.96. The molecule has 0 unspecified atom stereocenters. The van der Waals surface area contributed by atoms with Gasteiger partial charge in [-0.3, -0.25) is 9.97 Å². The van der Waals surface area contributed by atoms with E-state index in [0.717, 1.165) is 63.9 Å². The maximum atomic E-state index is 5.51. The van der Waals surface area contributed by atoms with E-state index in [9.17, 15) is 0 Å². The number of aryl methyl sites for hydroxylation is 2. The maximum Gasteiger partial charge on any atom is 0.125 e. The van der Waals surface area contributed by atoms with Crippen LogP contribution in [0.15, 0.2) is 49.5 Å². The first-order chi connectivity index (χ1) is 14.3. The summed E-state index contributed by atoms with van der Waals surface area (Å²) >= 11 is 1.64. The van der Waals surface area contributed by atoms with Crippen LogP contribution in [0.3, 0.4) is 0 Å². The predicted octanol–water partition coefficient (Wildman–Crippen LogP) is 5.28. The van der Waals surface area contributed by atoms with Crippen LogP contribution in [0.25, 0.3) is 26.7 Å². The van der Waals surface area contributed by atoms with Gasteiger partial charge in [0.25, 0.3) is 0 Å². The average molecular weight is 405 g/mol. The number of pyridine rings is 1. The molecule has 3 aromatic heterocycles. The average Bonchev–Trinajstić information content (AvgIpc) is 3.15. The minimum Gasteiger partial charge on any atom is -0.377 e. The minimum absolute atomic E-state index is 0.591. The number of fused-ring (bicyclic) bond motifs is 1. The Bertz CT molecular complexity index is 1030. The summed E-state index contributed by atoms with van der Waals surface area (Å²) < 4.78 is 5.51. The highest BCUT2D eigenvalue weighted by molar-refractivity contribution is 7.18. The zero-order valence-electron chi connectivity index (χ0n) is 16.6. The van der Waals surface area contributed by atoms with Crippen molar-refractivity contribution in [2.45, 2.75) is 32.6 Å². The van der Waals surface area contributed by atoms with Gasteiger partial charge < -0.3 is 4.74 Å². The van der Waals surface area contributed by atoms with E-state index in [1.165, 1.54) is 5.57 Å². The quantitative estimate of drug-likeness (QED) is 0.396. The number of allylic oxidation sites excluding steroid dienone is 1. The third kappa shape index (κ3) is 4.49. The zero-order chi connectivity index (χ0) is 20.1. The molecule has 29 heavy (non-hydrogen) atoms. The van der Waals surface area contributed by atoms with Crippen LogP contribution in [0.1, 0.15) is 36.3 Å². The summed E-state index contributed by atoms with van der Waals surface area (Å²) in [7, 11) is 0. The van der Waals surface area contributed by atoms with E-state index in [-0.39, 0.29) is 0 Å². The number of aromatic nitrogens is 4. The second-order valence-corrected chi connectivity index (χ2v) is 7.96. The van der Waals surface area contributed by atoms with E-state index in [2.05, 4.69) is 17.6 Å². The summed E-state index contributed by atoms with van der Waals surface area (Å²) in [6, 6.07) is 3.96. The van der Waals surface area contributed by atoms with Crippen molar-refractivity contribution in [3.05, 3.63) is 66.5 Å². The summed E-state index contributed by atoms with van der Waals surface area (Å²) in [5.74, 6) is 0. The molecule has 3 aromatic rings. The molecule has 1 aliphatic rings. The van der Waals surface area contributed by atoms with Crippen molar-refractivity contribution < 1.29 is 4.74 Å². The highest BCUT2D eigenvalue weighted by Gasteiger charge is 2.20. The number of nitrogens with zero attached hydrogens (tertiary/aromatic N) is 4. The molecule has 3 heterocycles. The molecule has 4 rings (SSSR count). The fourth-order valence-electron chi connectivity index (χ4n) is 3.46. The van der Waals surface area contributed by atoms with Gasteiger partial charge in [0, 0.05) is 18.0 Å². The molecule has 0 bridgehead atoms. The van der Waals surface area contributed by atoms with E-state index in [1.807, 2.05) is 31.5 Å². The second kappa shape index (κ2) is 9.20. The van der Waals surface area contributed by atoms with Gasteiger partial charge in [0.15, 0.2) is 0 Å². The number of thiazole rings is 1. The summed E-state index contributed by atoms with van der Waals surface area (Å²) in [6.07, 6.45) is 13.5. The van der Waals surface area contributed by atoms with E-state index < -0.39 is 0 Å². The fraction of sp³-hybridized carbons (Fsp3) is 0.304. The van der Waals surface area contributed by atoms with Gasteiger partial charge in [-0.1, -0.05) is 12.2 Å². The van der Waals surface area contributed by atoms with E-state index >= 15 is 0 Å². The molecule has 0 radical (unpaired) electrons. The summed E-state index contributed by atoms with van der Waals surface area (Å²) in [4.78, 5) is 19.8. The lowest BCUT2D eigenvalue weighted by atomic mass is 9.94. The van der Waals surface area contributed by atoms with Gasteiger partial charge in [-0.25, -0.2) is 9.97 Å². The molecule has 0 amide bonds. The molecular weight excluding hydrogens is 380 g/mol. The Morgan fingerprint density at radius 1 is 1.24 bits per heavy atom. The van der Waals surface area contributed by atoms with Gasteiger partial charge in [-0.2, -0.15) is 0 Å². The molecule has 0 N–H and O–H groups in total. The van der Waals surface area contributed by atoms with Crippen molar-refractivity contribution >= 4 is 16.9 Å². The lowest BCUT2D eigenvalue weighted by Gasteiger charge is -2.18. The summed E-state index contributed by atoms with van der Waals surface area (Å²) in [6.45, 7) is 6.99. The van der Waals surface area contributed by atoms with E-state index in [4.69, 9.17) is 19.7 Å². The first-order valence-electron chi connectivity index (χ1n) is 9.88. The molecule has 1 aliphatic carbocycles. The molecule has 0 aromatic carbocycles. The van der Waals surface area contributed by atoms with Crippen LogP contribution < -0.4 is 0 Å². The van der Waals surface area contributed by atoms with Crippen molar-refractivity contribution in [1.29, 1.82) is 0 Å². The minimum atomic E-state index is 0.591. The molecule has 0 atom stereocenters. The standard InChI is InChI=1S/C23H24N4OS/c1-3-12-28-13-6-9-17-7-4-10-19-21(17)27-20(15-25-19)22-16(2)26-23(29-22)18-8-5-11-24-14-18/h3,5,8-9,11,14-15H,1,4,6-7,10,12-13H2,2H3/b17-9+. The lowest BCUT2D eigenvalue weighted by Crippen LogP contribution is -2.08. The Balaban J connectivity index is 1.62. The lowest BCUT2D eigenvalue weighted by molar-refractivity contribution is 0.168. The normalized spacial score (nSPS) is 14.7. The van der Waals surface area contributed by atoms with Crippen molar-refractivity contribution in [3.8, 4) is 21.1 Å². The van der Waals surface area contributed by atoms with Crippen LogP contribution in [0.5, 0.6) is 0 Å². The van der Waals surface area contributed by atoms with Crippen LogP contribution in [0.4, 0.5) is 0 Å². The van der Waals surface area contributed by atoms with Gasteiger partial charge in [0.05, 0.1) is 41.4 Å². The molecule has 0 saturated heterocycles. The van der Waals surface area contributed by atoms with E-state index in [0.29, 0.717) is 13.2 Å². The van der Waals surface area contributed by atoms with Crippen LogP contribution in [-0.2, 0) is 11.2 Å². The SMILES string of the molecule is C=CCOCC/C=C1\CCCc2ncc(-c3sc(-c4cccnc4)nc3C)nc21. The van der Waals surface area contributed by atoms with Gasteiger partial charge >= 0.3 is 0 Å². The Morgan fingerprint density at radius 2 is 2.17 bits per heavy atom. The molecule has 0 spiro atoms. The van der Waals surface area contributed by atoms with Gasteiger partial charge in [-0.05, 0) is 50.3 Å². The first-order valence-corrected chi connectivity index (χ1v) is 10.7. The van der Waals surface area contributed by atoms with Crippen molar-refractivity contribution in [2.75, 3.05) is 13.2 Å². The summed E-state index contributed by atoms with van der Waals surface area (Å²) in [5, 5.41) is 0.959. The maximum absolute atomic E-state index is 5.51. The highest BCUT2D eigenvalue weighted by Crippen LogP contribution is 2.36. The Labute approximate surface area is 175 Å². The van der Waals surface area contributed by atoms with Crippen molar-refractivity contribution in [1.82, 2.24) is 19.9 Å². The first kappa shape index (κ1) is 19.6. The van der Waals surface area contributed by atoms with Gasteiger partial charge in [0.1, 0.15) is 10.7 Å². The number of ether oxygens (including phenoxy) is 1. The molecule has 148 valence electrons. The van der Waals surface area contributed by atoms with Crippen LogP contribution in [0.2, 0.25) is 0 Å². The zero-order valence-corrected chi connectivity index (χ0v) is 17.4. The molecule has 0 aliphatic heterocycles. The van der Waals surface area contributed by atoms with Crippen molar-refractivity contribution in [2.24, 2.45) is 0 Å². The Morgan fingerprint density at radius 3 is 3.00 bits per heavy atom. The van der Waals surface area contributed by atoms with Crippen molar-refractivity contribution in [3.63, 3.8) is 0 Å².